The Labute approximate surface area is 113 Å². The van der Waals surface area contributed by atoms with Gasteiger partial charge in [-0.15, -0.1) is 11.3 Å². The number of hydrogen-bond acceptors (Lipinski definition) is 6. The highest BCUT2D eigenvalue weighted by Gasteiger charge is 2.17. The first kappa shape index (κ1) is 13.2. The molecule has 0 amide bonds. The Balaban J connectivity index is 2.53. The van der Waals surface area contributed by atoms with Crippen molar-refractivity contribution in [1.82, 2.24) is 9.55 Å². The lowest BCUT2D eigenvalue weighted by molar-refractivity contribution is 0.111. The molecule has 2 heterocycles. The molecule has 0 atom stereocenters. The number of fused-ring (bicyclic) bond motifs is 1. The summed E-state index contributed by atoms with van der Waals surface area (Å²) in [4.78, 5) is 15.5. The highest BCUT2D eigenvalue weighted by molar-refractivity contribution is 7.19. The van der Waals surface area contributed by atoms with E-state index in [1.54, 1.807) is 11.6 Å². The SMILES string of the molecule is Cn1c(C=O)c(C=N)c2sc(C/C(N)=C/C=N)nc21. The van der Waals surface area contributed by atoms with Gasteiger partial charge in [0.05, 0.1) is 10.4 Å². The molecule has 0 aliphatic rings. The third kappa shape index (κ3) is 2.19. The van der Waals surface area contributed by atoms with Gasteiger partial charge in [-0.1, -0.05) is 0 Å². The van der Waals surface area contributed by atoms with Crippen molar-refractivity contribution in [2.45, 2.75) is 6.42 Å². The number of thiazole rings is 1. The minimum Gasteiger partial charge on any atom is -0.402 e. The largest absolute Gasteiger partial charge is 0.402 e. The van der Waals surface area contributed by atoms with Crippen LogP contribution in [0.15, 0.2) is 11.8 Å². The van der Waals surface area contributed by atoms with Gasteiger partial charge in [0.25, 0.3) is 0 Å². The smallest absolute Gasteiger partial charge is 0.167 e. The maximum atomic E-state index is 11.0. The first-order valence-electron chi connectivity index (χ1n) is 5.51. The number of rotatable bonds is 5. The summed E-state index contributed by atoms with van der Waals surface area (Å²) >= 11 is 1.42. The summed E-state index contributed by atoms with van der Waals surface area (Å²) in [5, 5.41) is 15.2. The lowest BCUT2D eigenvalue weighted by Crippen LogP contribution is -2.02. The third-order valence-corrected chi connectivity index (χ3v) is 3.84. The highest BCUT2D eigenvalue weighted by atomic mass is 32.1. The molecule has 2 aromatic rings. The zero-order valence-electron chi connectivity index (χ0n) is 10.3. The summed E-state index contributed by atoms with van der Waals surface area (Å²) in [6.07, 6.45) is 5.02. The number of nitrogens with one attached hydrogen (secondary N) is 2. The Morgan fingerprint density at radius 2 is 2.26 bits per heavy atom. The van der Waals surface area contributed by atoms with Crippen LogP contribution in [0, 0.1) is 10.8 Å². The molecule has 19 heavy (non-hydrogen) atoms. The molecule has 2 rings (SSSR count). The second-order valence-corrected chi connectivity index (χ2v) is 5.05. The summed E-state index contributed by atoms with van der Waals surface area (Å²) in [6, 6.07) is 0. The van der Waals surface area contributed by atoms with Crippen molar-refractivity contribution < 1.29 is 4.79 Å². The van der Waals surface area contributed by atoms with E-state index in [0.29, 0.717) is 29.0 Å². The third-order valence-electron chi connectivity index (χ3n) is 2.76. The molecule has 0 aliphatic carbocycles. The predicted octanol–water partition coefficient (Wildman–Crippen LogP) is 1.48. The Kier molecular flexibility index (Phi) is 3.57. The van der Waals surface area contributed by atoms with Gasteiger partial charge < -0.3 is 21.1 Å². The van der Waals surface area contributed by atoms with Crippen molar-refractivity contribution >= 4 is 40.4 Å². The fourth-order valence-electron chi connectivity index (χ4n) is 1.87. The van der Waals surface area contributed by atoms with Gasteiger partial charge >= 0.3 is 0 Å². The topological polar surface area (TPSA) is 109 Å². The molecular formula is C12H13N5OS. The number of aldehydes is 1. The van der Waals surface area contributed by atoms with Gasteiger partial charge in [0.15, 0.2) is 11.9 Å². The van der Waals surface area contributed by atoms with Crippen LogP contribution >= 0.6 is 11.3 Å². The summed E-state index contributed by atoms with van der Waals surface area (Å²) < 4.78 is 2.50. The Hall–Kier alpha value is -2.28. The van der Waals surface area contributed by atoms with Crippen LogP contribution in [-0.4, -0.2) is 28.3 Å². The molecule has 0 saturated carbocycles. The van der Waals surface area contributed by atoms with Crippen molar-refractivity contribution in [2.75, 3.05) is 0 Å². The zero-order valence-corrected chi connectivity index (χ0v) is 11.1. The maximum Gasteiger partial charge on any atom is 0.167 e. The van der Waals surface area contributed by atoms with Gasteiger partial charge in [-0.25, -0.2) is 4.98 Å². The molecule has 0 aromatic carbocycles. The highest BCUT2D eigenvalue weighted by Crippen LogP contribution is 2.29. The van der Waals surface area contributed by atoms with Gasteiger partial charge in [0.1, 0.15) is 5.01 Å². The molecule has 0 fully saturated rings. The Morgan fingerprint density at radius 1 is 1.53 bits per heavy atom. The van der Waals surface area contributed by atoms with E-state index in [2.05, 4.69) is 4.98 Å². The van der Waals surface area contributed by atoms with Crippen molar-refractivity contribution in [2.24, 2.45) is 12.8 Å². The molecule has 98 valence electrons. The lowest BCUT2D eigenvalue weighted by atomic mass is 10.3. The molecule has 4 N–H and O–H groups in total. The predicted molar refractivity (Wildman–Crippen MR) is 76.6 cm³/mol. The van der Waals surface area contributed by atoms with Crippen LogP contribution in [0.25, 0.3) is 10.3 Å². The molecule has 0 radical (unpaired) electrons. The first-order valence-corrected chi connectivity index (χ1v) is 6.32. The number of aryl methyl sites for hydroxylation is 1. The first-order chi connectivity index (χ1) is 9.12. The van der Waals surface area contributed by atoms with Crippen LogP contribution in [0.1, 0.15) is 21.1 Å². The van der Waals surface area contributed by atoms with Crippen LogP contribution in [0.2, 0.25) is 0 Å². The Bertz CT molecular complexity index is 695. The monoisotopic (exact) mass is 275 g/mol. The van der Waals surface area contributed by atoms with Gasteiger partial charge in [-0.2, -0.15) is 0 Å². The van der Waals surface area contributed by atoms with E-state index in [1.807, 2.05) is 0 Å². The number of allylic oxidation sites excluding steroid dienone is 2. The van der Waals surface area contributed by atoms with Gasteiger partial charge in [0, 0.05) is 37.2 Å². The van der Waals surface area contributed by atoms with Gasteiger partial charge in [-0.3, -0.25) is 4.79 Å². The van der Waals surface area contributed by atoms with E-state index in [0.717, 1.165) is 22.2 Å². The second kappa shape index (κ2) is 5.15. The minimum atomic E-state index is 0.457. The van der Waals surface area contributed by atoms with Gasteiger partial charge in [-0.05, 0) is 6.08 Å². The van der Waals surface area contributed by atoms with E-state index in [-0.39, 0.29) is 0 Å². The van der Waals surface area contributed by atoms with Crippen LogP contribution in [-0.2, 0) is 13.5 Å². The number of carbonyl (C=O) groups is 1. The van der Waals surface area contributed by atoms with Crippen molar-refractivity contribution in [3.63, 3.8) is 0 Å². The summed E-state index contributed by atoms with van der Waals surface area (Å²) in [5.74, 6) is 0. The molecule has 7 heteroatoms. The molecule has 0 saturated heterocycles. The van der Waals surface area contributed by atoms with E-state index in [9.17, 15) is 4.79 Å². The minimum absolute atomic E-state index is 0.457. The van der Waals surface area contributed by atoms with Crippen LogP contribution in [0.3, 0.4) is 0 Å². The van der Waals surface area contributed by atoms with Gasteiger partial charge in [0.2, 0.25) is 0 Å². The maximum absolute atomic E-state index is 11.0. The van der Waals surface area contributed by atoms with E-state index in [4.69, 9.17) is 16.6 Å². The van der Waals surface area contributed by atoms with Crippen molar-refractivity contribution in [3.8, 4) is 0 Å². The molecule has 0 spiro atoms. The second-order valence-electron chi connectivity index (χ2n) is 3.97. The van der Waals surface area contributed by atoms with E-state index in [1.165, 1.54) is 23.6 Å². The lowest BCUT2D eigenvalue weighted by Gasteiger charge is -1.98. The fourth-order valence-corrected chi connectivity index (χ4v) is 3.02. The van der Waals surface area contributed by atoms with Crippen molar-refractivity contribution in [1.29, 1.82) is 10.8 Å². The molecule has 6 nitrogen and oxygen atoms in total. The fraction of sp³-hybridized carbons (Fsp3) is 0.167. The molecule has 0 bridgehead atoms. The van der Waals surface area contributed by atoms with E-state index >= 15 is 0 Å². The summed E-state index contributed by atoms with van der Waals surface area (Å²) in [6.45, 7) is 0. The van der Waals surface area contributed by atoms with Crippen LogP contribution in [0.4, 0.5) is 0 Å². The standard InChI is InChI=1S/C12H13N5OS/c1-17-9(6-18)8(5-14)11-12(17)16-10(19-11)4-7(15)2-3-13/h2-3,5-6,13-14H,4,15H2,1H3/b7-2-,13-3?,14-5?. The number of aromatic nitrogens is 2. The number of hydrogen-bond donors (Lipinski definition) is 3. The number of nitrogens with two attached hydrogens (primary N) is 1. The summed E-state index contributed by atoms with van der Waals surface area (Å²) in [7, 11) is 1.75. The molecule has 0 aliphatic heterocycles. The summed E-state index contributed by atoms with van der Waals surface area (Å²) in [5.41, 5.74) is 8.03. The number of nitrogens with zero attached hydrogens (tertiary/aromatic N) is 2. The quantitative estimate of drug-likeness (QED) is 0.568. The average molecular weight is 275 g/mol. The van der Waals surface area contributed by atoms with Crippen molar-refractivity contribution in [3.05, 3.63) is 28.0 Å². The normalized spacial score (nSPS) is 11.7. The Morgan fingerprint density at radius 3 is 2.84 bits per heavy atom. The number of carbonyl (C=O) groups excluding carboxylic acids is 1. The molecule has 0 unspecified atom stereocenters. The van der Waals surface area contributed by atoms with Crippen LogP contribution < -0.4 is 5.73 Å². The van der Waals surface area contributed by atoms with E-state index < -0.39 is 0 Å². The van der Waals surface area contributed by atoms with Crippen LogP contribution in [0.5, 0.6) is 0 Å². The average Bonchev–Trinajstić information content (AvgIpc) is 2.87. The molecule has 2 aromatic heterocycles. The zero-order chi connectivity index (χ0) is 14.0. The molecular weight excluding hydrogens is 262 g/mol.